The molecule has 1 aromatic heterocycles. The summed E-state index contributed by atoms with van der Waals surface area (Å²) < 4.78 is 5.76. The van der Waals surface area contributed by atoms with Crippen molar-refractivity contribution in [2.75, 3.05) is 0 Å². The van der Waals surface area contributed by atoms with E-state index in [4.69, 9.17) is 27.9 Å². The van der Waals surface area contributed by atoms with E-state index < -0.39 is 0 Å². The fourth-order valence-electron chi connectivity index (χ4n) is 1.76. The number of hydrogen-bond acceptors (Lipinski definition) is 2. The molecule has 0 fully saturated rings. The van der Waals surface area contributed by atoms with E-state index in [0.717, 1.165) is 5.75 Å². The predicted octanol–water partition coefficient (Wildman–Crippen LogP) is 5.26. The first kappa shape index (κ1) is 15.1. The molecule has 0 bridgehead atoms. The van der Waals surface area contributed by atoms with Crippen LogP contribution < -0.4 is 4.74 Å². The second kappa shape index (κ2) is 6.02. The van der Waals surface area contributed by atoms with E-state index >= 15 is 0 Å². The Kier molecular flexibility index (Phi) is 4.56. The second-order valence-corrected chi connectivity index (χ2v) is 6.42. The molecule has 2 aromatic rings. The van der Waals surface area contributed by atoms with Gasteiger partial charge in [-0.25, -0.2) is 4.98 Å². The molecular weight excluding hydrogens is 293 g/mol. The summed E-state index contributed by atoms with van der Waals surface area (Å²) in [6.07, 6.45) is 0. The SMILES string of the molecule is CC(C)(C)c1cccc(OCc2nc(Cl)ccc2Cl)c1. The number of halogens is 2. The van der Waals surface area contributed by atoms with Gasteiger partial charge in [-0.2, -0.15) is 0 Å². The number of pyridine rings is 1. The van der Waals surface area contributed by atoms with Crippen LogP contribution in [0.25, 0.3) is 0 Å². The number of nitrogens with zero attached hydrogens (tertiary/aromatic N) is 1. The fourth-order valence-corrected chi connectivity index (χ4v) is 2.09. The molecule has 0 N–H and O–H groups in total. The Morgan fingerprint density at radius 3 is 2.55 bits per heavy atom. The Morgan fingerprint density at radius 2 is 1.85 bits per heavy atom. The van der Waals surface area contributed by atoms with Crippen molar-refractivity contribution in [1.29, 1.82) is 0 Å². The van der Waals surface area contributed by atoms with Gasteiger partial charge in [0.2, 0.25) is 0 Å². The van der Waals surface area contributed by atoms with Crippen LogP contribution in [0.15, 0.2) is 36.4 Å². The Bertz CT molecular complexity index is 606. The summed E-state index contributed by atoms with van der Waals surface area (Å²) in [5.41, 5.74) is 1.95. The topological polar surface area (TPSA) is 22.1 Å². The third-order valence-corrected chi connectivity index (χ3v) is 3.51. The molecule has 1 aromatic carbocycles. The molecule has 0 saturated heterocycles. The van der Waals surface area contributed by atoms with Crippen molar-refractivity contribution >= 4 is 23.2 Å². The molecule has 0 aliphatic carbocycles. The quantitative estimate of drug-likeness (QED) is 0.721. The highest BCUT2D eigenvalue weighted by Crippen LogP contribution is 2.26. The molecular formula is C16H17Cl2NO. The van der Waals surface area contributed by atoms with E-state index in [1.54, 1.807) is 12.1 Å². The van der Waals surface area contributed by atoms with Gasteiger partial charge in [0.05, 0.1) is 10.7 Å². The molecule has 2 rings (SSSR count). The molecule has 106 valence electrons. The molecule has 4 heteroatoms. The van der Waals surface area contributed by atoms with E-state index in [0.29, 0.717) is 22.5 Å². The molecule has 2 nitrogen and oxygen atoms in total. The first-order valence-corrected chi connectivity index (χ1v) is 7.16. The molecule has 1 heterocycles. The molecule has 0 radical (unpaired) electrons. The Labute approximate surface area is 129 Å². The van der Waals surface area contributed by atoms with Crippen molar-refractivity contribution in [2.24, 2.45) is 0 Å². The van der Waals surface area contributed by atoms with Crippen LogP contribution in [0.4, 0.5) is 0 Å². The first-order chi connectivity index (χ1) is 9.36. The number of aromatic nitrogens is 1. The monoisotopic (exact) mass is 309 g/mol. The summed E-state index contributed by atoms with van der Waals surface area (Å²) in [5, 5.41) is 0.970. The zero-order valence-electron chi connectivity index (χ0n) is 11.8. The van der Waals surface area contributed by atoms with Gasteiger partial charge in [0.25, 0.3) is 0 Å². The zero-order chi connectivity index (χ0) is 14.8. The van der Waals surface area contributed by atoms with Crippen molar-refractivity contribution in [3.8, 4) is 5.75 Å². The highest BCUT2D eigenvalue weighted by molar-refractivity contribution is 6.32. The minimum absolute atomic E-state index is 0.0886. The lowest BCUT2D eigenvalue weighted by Gasteiger charge is -2.19. The largest absolute Gasteiger partial charge is 0.487 e. The van der Waals surface area contributed by atoms with Gasteiger partial charge < -0.3 is 4.74 Å². The van der Waals surface area contributed by atoms with Gasteiger partial charge in [0.1, 0.15) is 17.5 Å². The lowest BCUT2D eigenvalue weighted by Crippen LogP contribution is -2.11. The summed E-state index contributed by atoms with van der Waals surface area (Å²) in [6.45, 7) is 6.80. The first-order valence-electron chi connectivity index (χ1n) is 6.40. The van der Waals surface area contributed by atoms with Gasteiger partial charge in [0.15, 0.2) is 0 Å². The average molecular weight is 310 g/mol. The van der Waals surface area contributed by atoms with Gasteiger partial charge in [0, 0.05) is 0 Å². The molecule has 0 spiro atoms. The highest BCUT2D eigenvalue weighted by atomic mass is 35.5. The predicted molar refractivity (Wildman–Crippen MR) is 83.7 cm³/mol. The van der Waals surface area contributed by atoms with E-state index in [1.165, 1.54) is 5.56 Å². The van der Waals surface area contributed by atoms with Crippen LogP contribution in [0, 0.1) is 0 Å². The molecule has 0 aliphatic heterocycles. The normalized spacial score (nSPS) is 11.4. The van der Waals surface area contributed by atoms with Gasteiger partial charge in [-0.15, -0.1) is 0 Å². The third kappa shape index (κ3) is 3.87. The molecule has 0 unspecified atom stereocenters. The van der Waals surface area contributed by atoms with E-state index in [2.05, 4.69) is 31.8 Å². The van der Waals surface area contributed by atoms with Crippen LogP contribution in [-0.4, -0.2) is 4.98 Å². The van der Waals surface area contributed by atoms with Gasteiger partial charge >= 0.3 is 0 Å². The Morgan fingerprint density at radius 1 is 1.10 bits per heavy atom. The van der Waals surface area contributed by atoms with Crippen molar-refractivity contribution in [2.45, 2.75) is 32.8 Å². The highest BCUT2D eigenvalue weighted by Gasteiger charge is 2.14. The summed E-state index contributed by atoms with van der Waals surface area (Å²) in [7, 11) is 0. The lowest BCUT2D eigenvalue weighted by molar-refractivity contribution is 0.300. The van der Waals surface area contributed by atoms with Crippen LogP contribution in [0.3, 0.4) is 0 Å². The fraction of sp³-hybridized carbons (Fsp3) is 0.312. The summed E-state index contributed by atoms with van der Waals surface area (Å²) in [6, 6.07) is 11.4. The summed E-state index contributed by atoms with van der Waals surface area (Å²) >= 11 is 11.9. The van der Waals surface area contributed by atoms with Crippen LogP contribution in [0.2, 0.25) is 10.2 Å². The number of rotatable bonds is 3. The van der Waals surface area contributed by atoms with Crippen LogP contribution in [0.5, 0.6) is 5.75 Å². The standard InChI is InChI=1S/C16H17Cl2NO/c1-16(2,3)11-5-4-6-12(9-11)20-10-14-13(17)7-8-15(18)19-14/h4-9H,10H2,1-3H3. The Hall–Kier alpha value is -1.25. The maximum absolute atomic E-state index is 6.07. The van der Waals surface area contributed by atoms with Crippen molar-refractivity contribution < 1.29 is 4.74 Å². The van der Waals surface area contributed by atoms with Crippen LogP contribution in [0.1, 0.15) is 32.0 Å². The van der Waals surface area contributed by atoms with E-state index in [1.807, 2.05) is 18.2 Å². The van der Waals surface area contributed by atoms with Crippen molar-refractivity contribution in [3.05, 3.63) is 57.8 Å². The van der Waals surface area contributed by atoms with Crippen LogP contribution >= 0.6 is 23.2 Å². The lowest BCUT2D eigenvalue weighted by atomic mass is 9.87. The second-order valence-electron chi connectivity index (χ2n) is 5.63. The zero-order valence-corrected chi connectivity index (χ0v) is 13.3. The summed E-state index contributed by atoms with van der Waals surface area (Å²) in [5.74, 6) is 0.801. The van der Waals surface area contributed by atoms with Gasteiger partial charge in [-0.05, 0) is 35.2 Å². The maximum atomic E-state index is 6.07. The Balaban J connectivity index is 2.13. The minimum atomic E-state index is 0.0886. The molecule has 20 heavy (non-hydrogen) atoms. The maximum Gasteiger partial charge on any atom is 0.132 e. The number of hydrogen-bond donors (Lipinski definition) is 0. The van der Waals surface area contributed by atoms with E-state index in [9.17, 15) is 0 Å². The third-order valence-electron chi connectivity index (χ3n) is 2.96. The summed E-state index contributed by atoms with van der Waals surface area (Å²) in [4.78, 5) is 4.17. The van der Waals surface area contributed by atoms with Crippen molar-refractivity contribution in [3.63, 3.8) is 0 Å². The molecule has 0 aliphatic rings. The number of ether oxygens (including phenoxy) is 1. The molecule has 0 saturated carbocycles. The number of benzene rings is 1. The average Bonchev–Trinajstić information content (AvgIpc) is 2.39. The smallest absolute Gasteiger partial charge is 0.132 e. The molecule has 0 atom stereocenters. The van der Waals surface area contributed by atoms with Crippen molar-refractivity contribution in [1.82, 2.24) is 4.98 Å². The minimum Gasteiger partial charge on any atom is -0.487 e. The molecule has 0 amide bonds. The van der Waals surface area contributed by atoms with Gasteiger partial charge in [-0.3, -0.25) is 0 Å². The van der Waals surface area contributed by atoms with Gasteiger partial charge in [-0.1, -0.05) is 56.1 Å². The van der Waals surface area contributed by atoms with Crippen LogP contribution in [-0.2, 0) is 12.0 Å². The van der Waals surface area contributed by atoms with E-state index in [-0.39, 0.29) is 5.41 Å².